The molecule has 0 aliphatic heterocycles. The molecule has 9 heteroatoms. The van der Waals surface area contributed by atoms with Gasteiger partial charge in [0.05, 0.1) is 13.7 Å². The molecule has 0 saturated carbocycles. The predicted molar refractivity (Wildman–Crippen MR) is 89.2 cm³/mol. The van der Waals surface area contributed by atoms with Crippen LogP contribution in [0.1, 0.15) is 10.4 Å². The van der Waals surface area contributed by atoms with Crippen LogP contribution in [0.4, 0.5) is 5.69 Å². The Hall–Kier alpha value is -2.91. The third-order valence-electron chi connectivity index (χ3n) is 3.13. The summed E-state index contributed by atoms with van der Waals surface area (Å²) in [6.45, 7) is 0.00603. The topological polar surface area (TPSA) is 129 Å². The van der Waals surface area contributed by atoms with Crippen LogP contribution >= 0.6 is 0 Å². The van der Waals surface area contributed by atoms with E-state index in [1.54, 1.807) is 12.1 Å². The van der Waals surface area contributed by atoms with Gasteiger partial charge in [-0.15, -0.1) is 0 Å². The number of rotatable bonds is 8. The lowest BCUT2D eigenvalue weighted by atomic mass is 10.2. The second kappa shape index (κ2) is 10.1. The first kappa shape index (κ1) is 20.1. The number of ether oxygens (including phenoxy) is 3. The first-order valence-corrected chi connectivity index (χ1v) is 7.21. The summed E-state index contributed by atoms with van der Waals surface area (Å²) >= 11 is 0. The van der Waals surface area contributed by atoms with Crippen LogP contribution in [-0.4, -0.2) is 51.9 Å². The first-order chi connectivity index (χ1) is 11.9. The highest BCUT2D eigenvalue weighted by Crippen LogP contribution is 2.05. The van der Waals surface area contributed by atoms with Crippen molar-refractivity contribution in [3.63, 3.8) is 0 Å². The second-order valence-corrected chi connectivity index (χ2v) is 4.76. The van der Waals surface area contributed by atoms with Crippen molar-refractivity contribution < 1.29 is 28.6 Å². The van der Waals surface area contributed by atoms with Gasteiger partial charge >= 0.3 is 5.97 Å². The molecule has 0 aromatic heterocycles. The van der Waals surface area contributed by atoms with Crippen LogP contribution in [0.3, 0.4) is 0 Å². The number of methoxy groups -OCH3 is 3. The molecule has 25 heavy (non-hydrogen) atoms. The molecule has 2 amide bonds. The number of nitrogens with two attached hydrogens (primary N) is 1. The van der Waals surface area contributed by atoms with E-state index in [0.29, 0.717) is 11.3 Å². The van der Waals surface area contributed by atoms with Gasteiger partial charge in [-0.2, -0.15) is 0 Å². The van der Waals surface area contributed by atoms with Crippen LogP contribution in [0, 0.1) is 0 Å². The number of anilines is 1. The SMILES string of the molecule is COC(=O)/C(=C/NC(=O)c1ccc(N)cc1)C(=O)NCC(OC)OC. The Labute approximate surface area is 145 Å². The molecular formula is C16H21N3O6. The minimum atomic E-state index is -0.901. The summed E-state index contributed by atoms with van der Waals surface area (Å²) in [6.07, 6.45) is 0.307. The fraction of sp³-hybridized carbons (Fsp3) is 0.312. The van der Waals surface area contributed by atoms with Gasteiger partial charge in [0.2, 0.25) is 0 Å². The maximum atomic E-state index is 12.1. The molecule has 0 radical (unpaired) electrons. The lowest BCUT2D eigenvalue weighted by molar-refractivity contribution is -0.139. The van der Waals surface area contributed by atoms with Gasteiger partial charge in [0, 0.05) is 31.7 Å². The number of hydrogen-bond acceptors (Lipinski definition) is 7. The smallest absolute Gasteiger partial charge is 0.344 e. The van der Waals surface area contributed by atoms with Crippen molar-refractivity contribution in [1.82, 2.24) is 10.6 Å². The van der Waals surface area contributed by atoms with Gasteiger partial charge in [0.1, 0.15) is 5.57 Å². The molecule has 136 valence electrons. The molecule has 0 aliphatic carbocycles. The molecule has 0 aliphatic rings. The monoisotopic (exact) mass is 351 g/mol. The standard InChI is InChI=1S/C16H21N3O6/c1-23-13(24-2)9-19-15(21)12(16(22)25-3)8-18-14(20)10-4-6-11(17)7-5-10/h4-8,13H,9,17H2,1-3H3,(H,18,20)(H,19,21)/b12-8+. The number of carbonyl (C=O) groups excluding carboxylic acids is 3. The predicted octanol–water partition coefficient (Wildman–Crippen LogP) is -0.209. The Kier molecular flexibility index (Phi) is 8.10. The Bertz CT molecular complexity index is 638. The van der Waals surface area contributed by atoms with Crippen LogP contribution in [0.15, 0.2) is 36.0 Å². The van der Waals surface area contributed by atoms with Crippen LogP contribution in [-0.2, 0) is 23.8 Å². The van der Waals surface area contributed by atoms with E-state index >= 15 is 0 Å². The Morgan fingerprint density at radius 3 is 2.24 bits per heavy atom. The van der Waals surface area contributed by atoms with Crippen molar-refractivity contribution in [2.24, 2.45) is 0 Å². The fourth-order valence-corrected chi connectivity index (χ4v) is 1.72. The van der Waals surface area contributed by atoms with Crippen LogP contribution in [0.2, 0.25) is 0 Å². The van der Waals surface area contributed by atoms with Gasteiger partial charge in [-0.3, -0.25) is 9.59 Å². The molecule has 1 rings (SSSR count). The largest absolute Gasteiger partial charge is 0.465 e. The summed E-state index contributed by atoms with van der Waals surface area (Å²) in [5, 5.41) is 4.81. The van der Waals surface area contributed by atoms with E-state index in [1.165, 1.54) is 26.4 Å². The summed E-state index contributed by atoms with van der Waals surface area (Å²) in [4.78, 5) is 35.9. The molecule has 0 bridgehead atoms. The highest BCUT2D eigenvalue weighted by Gasteiger charge is 2.20. The fourth-order valence-electron chi connectivity index (χ4n) is 1.72. The number of nitrogen functional groups attached to an aromatic ring is 1. The van der Waals surface area contributed by atoms with Crippen molar-refractivity contribution in [2.75, 3.05) is 33.6 Å². The Morgan fingerprint density at radius 2 is 1.72 bits per heavy atom. The maximum Gasteiger partial charge on any atom is 0.344 e. The average molecular weight is 351 g/mol. The van der Waals surface area contributed by atoms with Gasteiger partial charge in [-0.1, -0.05) is 0 Å². The van der Waals surface area contributed by atoms with Gasteiger partial charge in [0.25, 0.3) is 11.8 Å². The van der Waals surface area contributed by atoms with Crippen molar-refractivity contribution in [1.29, 1.82) is 0 Å². The molecule has 9 nitrogen and oxygen atoms in total. The molecule has 0 spiro atoms. The summed E-state index contributed by atoms with van der Waals surface area (Å²) in [5.41, 5.74) is 5.99. The number of carbonyl (C=O) groups is 3. The van der Waals surface area contributed by atoms with Crippen LogP contribution in [0.5, 0.6) is 0 Å². The number of esters is 1. The van der Waals surface area contributed by atoms with Gasteiger partial charge in [-0.25, -0.2) is 4.79 Å². The van der Waals surface area contributed by atoms with E-state index in [0.717, 1.165) is 13.3 Å². The molecule has 0 saturated heterocycles. The lowest BCUT2D eigenvalue weighted by Crippen LogP contribution is -2.37. The third-order valence-corrected chi connectivity index (χ3v) is 3.13. The average Bonchev–Trinajstić information content (AvgIpc) is 2.62. The zero-order valence-electron chi connectivity index (χ0n) is 14.2. The van der Waals surface area contributed by atoms with Crippen molar-refractivity contribution in [2.45, 2.75) is 6.29 Å². The Balaban J connectivity index is 2.81. The second-order valence-electron chi connectivity index (χ2n) is 4.76. The summed E-state index contributed by atoms with van der Waals surface area (Å²) in [7, 11) is 3.94. The van der Waals surface area contributed by atoms with E-state index in [9.17, 15) is 14.4 Å². The van der Waals surface area contributed by atoms with Crippen molar-refractivity contribution in [3.05, 3.63) is 41.6 Å². The highest BCUT2D eigenvalue weighted by atomic mass is 16.7. The van der Waals surface area contributed by atoms with Gasteiger partial charge in [0.15, 0.2) is 6.29 Å². The first-order valence-electron chi connectivity index (χ1n) is 7.21. The molecule has 0 unspecified atom stereocenters. The van der Waals surface area contributed by atoms with Gasteiger partial charge in [-0.05, 0) is 24.3 Å². The van der Waals surface area contributed by atoms with Crippen molar-refractivity contribution in [3.8, 4) is 0 Å². The van der Waals surface area contributed by atoms with Gasteiger partial charge < -0.3 is 30.6 Å². The van der Waals surface area contributed by atoms with E-state index in [1.807, 2.05) is 0 Å². The highest BCUT2D eigenvalue weighted by molar-refractivity contribution is 6.16. The summed E-state index contributed by atoms with van der Waals surface area (Å²) in [5.74, 6) is -2.16. The summed E-state index contributed by atoms with van der Waals surface area (Å²) < 4.78 is 14.4. The van der Waals surface area contributed by atoms with E-state index in [4.69, 9.17) is 15.2 Å². The van der Waals surface area contributed by atoms with E-state index < -0.39 is 24.1 Å². The zero-order chi connectivity index (χ0) is 18.8. The number of benzene rings is 1. The van der Waals surface area contributed by atoms with Crippen LogP contribution < -0.4 is 16.4 Å². The van der Waals surface area contributed by atoms with Crippen molar-refractivity contribution >= 4 is 23.5 Å². The maximum absolute atomic E-state index is 12.1. The number of hydrogen-bond donors (Lipinski definition) is 3. The molecule has 0 heterocycles. The minimum Gasteiger partial charge on any atom is -0.465 e. The third kappa shape index (κ3) is 6.24. The molecule has 0 atom stereocenters. The quantitative estimate of drug-likeness (QED) is 0.148. The normalized spacial score (nSPS) is 11.1. The molecule has 4 N–H and O–H groups in total. The molecule has 1 aromatic carbocycles. The molecule has 0 fully saturated rings. The zero-order valence-corrected chi connectivity index (χ0v) is 14.2. The lowest BCUT2D eigenvalue weighted by Gasteiger charge is -2.14. The molecular weight excluding hydrogens is 330 g/mol. The Morgan fingerprint density at radius 1 is 1.12 bits per heavy atom. The summed E-state index contributed by atoms with van der Waals surface area (Å²) in [6, 6.07) is 6.14. The number of nitrogens with one attached hydrogen (secondary N) is 2. The number of amides is 2. The van der Waals surface area contributed by atoms with E-state index in [-0.39, 0.29) is 12.1 Å². The van der Waals surface area contributed by atoms with Crippen LogP contribution in [0.25, 0.3) is 0 Å². The minimum absolute atomic E-state index is 0.00603. The van der Waals surface area contributed by atoms with E-state index in [2.05, 4.69) is 15.4 Å². The molecule has 1 aromatic rings.